The first-order valence-corrected chi connectivity index (χ1v) is 8.10. The molecule has 0 unspecified atom stereocenters. The van der Waals surface area contributed by atoms with E-state index < -0.39 is 17.3 Å². The summed E-state index contributed by atoms with van der Waals surface area (Å²) in [6.45, 7) is 2.26. The molecule has 6 nitrogen and oxygen atoms in total. The molecular weight excluding hydrogens is 318 g/mol. The van der Waals surface area contributed by atoms with Gasteiger partial charge in [0.15, 0.2) is 5.56 Å². The highest BCUT2D eigenvalue weighted by molar-refractivity contribution is 5.96. The highest BCUT2D eigenvalue weighted by Gasteiger charge is 2.19. The molecule has 3 rings (SSSR count). The van der Waals surface area contributed by atoms with E-state index in [1.165, 1.54) is 9.96 Å². The van der Waals surface area contributed by atoms with Crippen LogP contribution in [0.15, 0.2) is 53.5 Å². The van der Waals surface area contributed by atoms with Crippen molar-refractivity contribution in [2.75, 3.05) is 6.54 Å². The van der Waals surface area contributed by atoms with Crippen LogP contribution in [0.25, 0.3) is 5.65 Å². The van der Waals surface area contributed by atoms with Crippen LogP contribution in [0, 0.1) is 6.92 Å². The Bertz CT molecular complexity index is 965. The van der Waals surface area contributed by atoms with Gasteiger partial charge in [-0.2, -0.15) is 4.98 Å². The van der Waals surface area contributed by atoms with E-state index in [0.717, 1.165) is 18.4 Å². The summed E-state index contributed by atoms with van der Waals surface area (Å²) in [6, 6.07) is 13.3. The van der Waals surface area contributed by atoms with Crippen LogP contribution in [0.2, 0.25) is 0 Å². The molecular formula is C19H19N3O3. The predicted molar refractivity (Wildman–Crippen MR) is 95.0 cm³/mol. The summed E-state index contributed by atoms with van der Waals surface area (Å²) < 4.78 is 1.26. The zero-order valence-electron chi connectivity index (χ0n) is 13.9. The number of aryl methyl sites for hydroxylation is 2. The molecule has 0 aliphatic carbocycles. The quantitative estimate of drug-likeness (QED) is 0.698. The number of hydrogen-bond donors (Lipinski definition) is 2. The number of aromatic nitrogens is 2. The Labute approximate surface area is 144 Å². The van der Waals surface area contributed by atoms with Crippen LogP contribution in [0.3, 0.4) is 0 Å². The Balaban J connectivity index is 1.71. The van der Waals surface area contributed by atoms with E-state index in [9.17, 15) is 14.7 Å². The van der Waals surface area contributed by atoms with Gasteiger partial charge in [0, 0.05) is 12.7 Å². The summed E-state index contributed by atoms with van der Waals surface area (Å²) >= 11 is 0. The fraction of sp³-hybridized carbons (Fsp3) is 0.211. The van der Waals surface area contributed by atoms with Crippen molar-refractivity contribution in [3.05, 3.63) is 75.7 Å². The predicted octanol–water partition coefficient (Wildman–Crippen LogP) is 2.07. The van der Waals surface area contributed by atoms with Gasteiger partial charge < -0.3 is 10.4 Å². The summed E-state index contributed by atoms with van der Waals surface area (Å²) in [4.78, 5) is 28.7. The van der Waals surface area contributed by atoms with E-state index in [4.69, 9.17) is 0 Å². The lowest BCUT2D eigenvalue weighted by molar-refractivity contribution is 0.0948. The number of nitrogens with zero attached hydrogens (tertiary/aromatic N) is 2. The van der Waals surface area contributed by atoms with Crippen LogP contribution >= 0.6 is 0 Å². The average molecular weight is 337 g/mol. The van der Waals surface area contributed by atoms with Gasteiger partial charge >= 0.3 is 0 Å². The molecule has 6 heteroatoms. The normalized spacial score (nSPS) is 10.8. The molecule has 2 aromatic heterocycles. The van der Waals surface area contributed by atoms with Gasteiger partial charge in [0.2, 0.25) is 5.88 Å². The van der Waals surface area contributed by atoms with Crippen LogP contribution in [0.5, 0.6) is 5.88 Å². The van der Waals surface area contributed by atoms with E-state index in [2.05, 4.69) is 10.3 Å². The lowest BCUT2D eigenvalue weighted by Crippen LogP contribution is -2.32. The molecule has 0 radical (unpaired) electrons. The fourth-order valence-corrected chi connectivity index (χ4v) is 2.65. The van der Waals surface area contributed by atoms with Crippen LogP contribution < -0.4 is 10.9 Å². The molecule has 0 spiro atoms. The van der Waals surface area contributed by atoms with Crippen LogP contribution in [-0.4, -0.2) is 26.9 Å². The number of carbonyl (C=O) groups is 1. The molecule has 0 bridgehead atoms. The Morgan fingerprint density at radius 2 is 2.00 bits per heavy atom. The highest BCUT2D eigenvalue weighted by atomic mass is 16.3. The van der Waals surface area contributed by atoms with E-state index >= 15 is 0 Å². The largest absolute Gasteiger partial charge is 0.493 e. The van der Waals surface area contributed by atoms with Crippen molar-refractivity contribution in [3.8, 4) is 5.88 Å². The minimum absolute atomic E-state index is 0.308. The van der Waals surface area contributed by atoms with Crippen molar-refractivity contribution in [3.63, 3.8) is 0 Å². The van der Waals surface area contributed by atoms with Crippen molar-refractivity contribution in [2.45, 2.75) is 19.8 Å². The SMILES string of the molecule is Cc1ccn2c(=O)c(C(=O)NCCCc3ccccc3)c(O)nc2c1. The van der Waals surface area contributed by atoms with E-state index in [0.29, 0.717) is 12.2 Å². The van der Waals surface area contributed by atoms with Gasteiger partial charge in [-0.15, -0.1) is 0 Å². The second kappa shape index (κ2) is 7.17. The highest BCUT2D eigenvalue weighted by Crippen LogP contribution is 2.12. The molecule has 0 atom stereocenters. The van der Waals surface area contributed by atoms with Crippen molar-refractivity contribution in [1.82, 2.24) is 14.7 Å². The lowest BCUT2D eigenvalue weighted by atomic mass is 10.1. The topological polar surface area (TPSA) is 83.7 Å². The van der Waals surface area contributed by atoms with Crippen molar-refractivity contribution < 1.29 is 9.90 Å². The van der Waals surface area contributed by atoms with E-state index in [1.54, 1.807) is 18.3 Å². The Kier molecular flexibility index (Phi) is 4.79. The molecule has 0 saturated carbocycles. The Morgan fingerprint density at radius 1 is 1.24 bits per heavy atom. The first-order chi connectivity index (χ1) is 12.1. The number of aromatic hydroxyl groups is 1. The van der Waals surface area contributed by atoms with Crippen molar-refractivity contribution >= 4 is 11.6 Å². The van der Waals surface area contributed by atoms with Crippen LogP contribution in [0.4, 0.5) is 0 Å². The summed E-state index contributed by atoms with van der Waals surface area (Å²) in [7, 11) is 0. The second-order valence-corrected chi connectivity index (χ2v) is 5.89. The molecule has 0 aliphatic rings. The summed E-state index contributed by atoms with van der Waals surface area (Å²) in [5, 5.41) is 12.7. The third kappa shape index (κ3) is 3.68. The minimum atomic E-state index is -0.613. The number of nitrogens with one attached hydrogen (secondary N) is 1. The minimum Gasteiger partial charge on any atom is -0.493 e. The maximum atomic E-state index is 12.5. The molecule has 1 aromatic carbocycles. The number of fused-ring (bicyclic) bond motifs is 1. The number of amides is 1. The average Bonchev–Trinajstić information content (AvgIpc) is 2.59. The Hall–Kier alpha value is -3.15. The van der Waals surface area contributed by atoms with E-state index in [1.807, 2.05) is 37.3 Å². The summed E-state index contributed by atoms with van der Waals surface area (Å²) in [5.41, 5.74) is 1.49. The maximum absolute atomic E-state index is 12.5. The number of carbonyl (C=O) groups excluding carboxylic acids is 1. The van der Waals surface area contributed by atoms with Gasteiger partial charge in [-0.05, 0) is 43.0 Å². The zero-order chi connectivity index (χ0) is 17.8. The number of rotatable bonds is 5. The number of benzene rings is 1. The van der Waals surface area contributed by atoms with Gasteiger partial charge in [0.1, 0.15) is 5.65 Å². The van der Waals surface area contributed by atoms with Crippen molar-refractivity contribution in [1.29, 1.82) is 0 Å². The first kappa shape index (κ1) is 16.7. The molecule has 0 aliphatic heterocycles. The zero-order valence-corrected chi connectivity index (χ0v) is 13.9. The smallest absolute Gasteiger partial charge is 0.274 e. The first-order valence-electron chi connectivity index (χ1n) is 8.10. The maximum Gasteiger partial charge on any atom is 0.274 e. The van der Waals surface area contributed by atoms with E-state index in [-0.39, 0.29) is 5.56 Å². The fourth-order valence-electron chi connectivity index (χ4n) is 2.65. The van der Waals surface area contributed by atoms with Gasteiger partial charge in [0.25, 0.3) is 11.5 Å². The molecule has 2 N–H and O–H groups in total. The van der Waals surface area contributed by atoms with Crippen LogP contribution in [-0.2, 0) is 6.42 Å². The molecule has 128 valence electrons. The van der Waals surface area contributed by atoms with Crippen molar-refractivity contribution in [2.24, 2.45) is 0 Å². The molecule has 1 amide bonds. The second-order valence-electron chi connectivity index (χ2n) is 5.89. The molecule has 3 aromatic rings. The summed E-state index contributed by atoms with van der Waals surface area (Å²) in [6.07, 6.45) is 3.10. The molecule has 0 saturated heterocycles. The lowest BCUT2D eigenvalue weighted by Gasteiger charge is -2.08. The molecule has 2 heterocycles. The standard InChI is InChI=1S/C19H19N3O3/c1-13-9-11-22-15(12-13)21-18(24)16(19(22)25)17(23)20-10-5-8-14-6-3-2-4-7-14/h2-4,6-7,9,11-12,24H,5,8,10H2,1H3,(H,20,23). The van der Waals surface area contributed by atoms with Crippen LogP contribution in [0.1, 0.15) is 27.9 Å². The molecule has 25 heavy (non-hydrogen) atoms. The van der Waals surface area contributed by atoms with Gasteiger partial charge in [-0.25, -0.2) is 0 Å². The number of pyridine rings is 1. The third-order valence-corrected chi connectivity index (χ3v) is 3.96. The monoisotopic (exact) mass is 337 g/mol. The van der Waals surface area contributed by atoms with Gasteiger partial charge in [-0.3, -0.25) is 14.0 Å². The Morgan fingerprint density at radius 3 is 2.76 bits per heavy atom. The number of hydrogen-bond acceptors (Lipinski definition) is 4. The summed E-state index contributed by atoms with van der Waals surface area (Å²) in [5.74, 6) is -1.16. The van der Waals surface area contributed by atoms with Gasteiger partial charge in [-0.1, -0.05) is 30.3 Å². The van der Waals surface area contributed by atoms with Gasteiger partial charge in [0.05, 0.1) is 0 Å². The third-order valence-electron chi connectivity index (χ3n) is 3.96. The molecule has 0 fully saturated rings.